The maximum absolute atomic E-state index is 10.4. The lowest BCUT2D eigenvalue weighted by atomic mass is 10.2. The third kappa shape index (κ3) is 2.76. The molecule has 6 heteroatoms. The first-order valence-electron chi connectivity index (χ1n) is 3.29. The zero-order valence-electron chi connectivity index (χ0n) is 6.33. The van der Waals surface area contributed by atoms with Gasteiger partial charge in [0.2, 0.25) is 0 Å². The van der Waals surface area contributed by atoms with Gasteiger partial charge in [0.15, 0.2) is 5.75 Å². The van der Waals surface area contributed by atoms with Crippen LogP contribution >= 0.6 is 23.2 Å². The predicted octanol–water partition coefficient (Wildman–Crippen LogP) is 1.81. The SMILES string of the molecule is O=[SH](=O)Cc1cc(Cl)c(O)c(Cl)c1. The molecule has 0 unspecified atom stereocenters. The average Bonchev–Trinajstić information content (AvgIpc) is 1.98. The molecule has 72 valence electrons. The fraction of sp³-hybridized carbons (Fsp3) is 0.143. The second kappa shape index (κ2) is 4.17. The number of aromatic hydroxyl groups is 1. The molecule has 13 heavy (non-hydrogen) atoms. The maximum Gasteiger partial charge on any atom is 0.152 e. The molecule has 0 saturated carbocycles. The third-order valence-electron chi connectivity index (χ3n) is 1.39. The van der Waals surface area contributed by atoms with Crippen molar-refractivity contribution in [2.45, 2.75) is 5.75 Å². The van der Waals surface area contributed by atoms with Crippen molar-refractivity contribution in [3.8, 4) is 5.75 Å². The molecule has 0 saturated heterocycles. The minimum absolute atomic E-state index is 0.0550. The molecule has 0 amide bonds. The molecular formula is C7H6Cl2O3S. The molecule has 0 spiro atoms. The van der Waals surface area contributed by atoms with Gasteiger partial charge in [-0.1, -0.05) is 23.2 Å². The topological polar surface area (TPSA) is 54.4 Å². The standard InChI is InChI=1S/C7H6Cl2O3S/c8-5-1-4(3-13(11)12)2-6(9)7(5)10/h1-2,10,13H,3H2. The highest BCUT2D eigenvalue weighted by molar-refractivity contribution is 7.71. The van der Waals surface area contributed by atoms with Crippen molar-refractivity contribution in [3.63, 3.8) is 0 Å². The Morgan fingerprint density at radius 3 is 2.08 bits per heavy atom. The first kappa shape index (κ1) is 10.6. The van der Waals surface area contributed by atoms with E-state index in [2.05, 4.69) is 0 Å². The number of hydrogen-bond acceptors (Lipinski definition) is 3. The smallest absolute Gasteiger partial charge is 0.152 e. The van der Waals surface area contributed by atoms with Crippen LogP contribution < -0.4 is 0 Å². The highest BCUT2D eigenvalue weighted by Gasteiger charge is 2.06. The van der Waals surface area contributed by atoms with E-state index in [9.17, 15) is 8.42 Å². The van der Waals surface area contributed by atoms with E-state index >= 15 is 0 Å². The fourth-order valence-corrected chi connectivity index (χ4v) is 1.87. The van der Waals surface area contributed by atoms with Crippen LogP contribution in [0.3, 0.4) is 0 Å². The summed E-state index contributed by atoms with van der Waals surface area (Å²) in [7, 11) is -2.51. The monoisotopic (exact) mass is 240 g/mol. The van der Waals surface area contributed by atoms with Crippen molar-refractivity contribution in [1.29, 1.82) is 0 Å². The van der Waals surface area contributed by atoms with Crippen LogP contribution in [-0.2, 0) is 16.5 Å². The summed E-state index contributed by atoms with van der Waals surface area (Å²) in [6, 6.07) is 2.74. The van der Waals surface area contributed by atoms with Crippen LogP contribution in [0.5, 0.6) is 5.75 Å². The predicted molar refractivity (Wildman–Crippen MR) is 52.1 cm³/mol. The molecule has 3 nitrogen and oxygen atoms in total. The first-order chi connectivity index (χ1) is 6.00. The Bertz CT molecular complexity index is 370. The van der Waals surface area contributed by atoms with Gasteiger partial charge in [0.25, 0.3) is 0 Å². The minimum atomic E-state index is -2.51. The second-order valence-corrected chi connectivity index (χ2v) is 4.20. The molecule has 1 aromatic carbocycles. The van der Waals surface area contributed by atoms with Crippen LogP contribution in [0.4, 0.5) is 0 Å². The lowest BCUT2D eigenvalue weighted by molar-refractivity contribution is 0.475. The molecule has 0 aliphatic rings. The van der Waals surface area contributed by atoms with Crippen molar-refractivity contribution in [3.05, 3.63) is 27.7 Å². The Hall–Kier alpha value is -0.450. The molecular weight excluding hydrogens is 235 g/mol. The number of benzene rings is 1. The van der Waals surface area contributed by atoms with Gasteiger partial charge in [-0.05, 0) is 17.7 Å². The van der Waals surface area contributed by atoms with Gasteiger partial charge in [-0.25, -0.2) is 8.42 Å². The Kier molecular flexibility index (Phi) is 3.41. The molecule has 0 radical (unpaired) electrons. The molecule has 0 fully saturated rings. The molecule has 1 aromatic rings. The van der Waals surface area contributed by atoms with Crippen LogP contribution in [0.25, 0.3) is 0 Å². The number of phenolic OH excluding ortho intramolecular Hbond substituents is 1. The Labute approximate surface area is 86.9 Å². The Morgan fingerprint density at radius 2 is 1.69 bits per heavy atom. The molecule has 0 aliphatic heterocycles. The van der Waals surface area contributed by atoms with E-state index < -0.39 is 10.7 Å². The largest absolute Gasteiger partial charge is 0.505 e. The third-order valence-corrected chi connectivity index (χ3v) is 2.59. The van der Waals surface area contributed by atoms with Gasteiger partial charge in [-0.15, -0.1) is 0 Å². The highest BCUT2D eigenvalue weighted by Crippen LogP contribution is 2.32. The van der Waals surface area contributed by atoms with Gasteiger partial charge in [0.05, 0.1) is 15.8 Å². The van der Waals surface area contributed by atoms with Crippen LogP contribution in [0, 0.1) is 0 Å². The highest BCUT2D eigenvalue weighted by atomic mass is 35.5. The molecule has 1 N–H and O–H groups in total. The minimum Gasteiger partial charge on any atom is -0.505 e. The van der Waals surface area contributed by atoms with E-state index in [1.807, 2.05) is 0 Å². The van der Waals surface area contributed by atoms with Crippen LogP contribution in [0.15, 0.2) is 12.1 Å². The molecule has 0 atom stereocenters. The van der Waals surface area contributed by atoms with Gasteiger partial charge in [0, 0.05) is 0 Å². The van der Waals surface area contributed by atoms with E-state index in [-0.39, 0.29) is 21.5 Å². The van der Waals surface area contributed by atoms with Gasteiger partial charge in [0.1, 0.15) is 10.7 Å². The second-order valence-electron chi connectivity index (χ2n) is 2.40. The van der Waals surface area contributed by atoms with Crippen LogP contribution in [-0.4, -0.2) is 13.5 Å². The maximum atomic E-state index is 10.4. The van der Waals surface area contributed by atoms with Gasteiger partial charge >= 0.3 is 0 Å². The van der Waals surface area contributed by atoms with E-state index in [1.165, 1.54) is 12.1 Å². The quantitative estimate of drug-likeness (QED) is 0.776. The number of thiol groups is 1. The van der Waals surface area contributed by atoms with Gasteiger partial charge in [-0.2, -0.15) is 0 Å². The summed E-state index contributed by atoms with van der Waals surface area (Å²) in [5.41, 5.74) is 0.462. The lowest BCUT2D eigenvalue weighted by Gasteiger charge is -2.01. The van der Waals surface area contributed by atoms with Crippen molar-refractivity contribution >= 4 is 33.9 Å². The summed E-state index contributed by atoms with van der Waals surface area (Å²) in [6.45, 7) is 0. The Morgan fingerprint density at radius 1 is 1.23 bits per heavy atom. The average molecular weight is 241 g/mol. The summed E-state index contributed by atoms with van der Waals surface area (Å²) >= 11 is 11.1. The summed E-state index contributed by atoms with van der Waals surface area (Å²) in [6.07, 6.45) is 0. The van der Waals surface area contributed by atoms with Crippen molar-refractivity contribution < 1.29 is 13.5 Å². The molecule has 0 aliphatic carbocycles. The zero-order valence-corrected chi connectivity index (χ0v) is 8.73. The van der Waals surface area contributed by atoms with Gasteiger partial charge < -0.3 is 5.11 Å². The van der Waals surface area contributed by atoms with Crippen molar-refractivity contribution in [1.82, 2.24) is 0 Å². The summed E-state index contributed by atoms with van der Waals surface area (Å²) in [5, 5.41) is 9.26. The van der Waals surface area contributed by atoms with E-state index in [1.54, 1.807) is 0 Å². The first-order valence-corrected chi connectivity index (χ1v) is 5.41. The fourth-order valence-electron chi connectivity index (χ4n) is 0.858. The lowest BCUT2D eigenvalue weighted by Crippen LogP contribution is -1.87. The van der Waals surface area contributed by atoms with E-state index in [4.69, 9.17) is 28.3 Å². The van der Waals surface area contributed by atoms with Crippen LogP contribution in [0.2, 0.25) is 10.0 Å². The summed E-state index contributed by atoms with van der Waals surface area (Å²) in [4.78, 5) is 0. The van der Waals surface area contributed by atoms with Crippen LogP contribution in [0.1, 0.15) is 5.56 Å². The van der Waals surface area contributed by atoms with E-state index in [0.29, 0.717) is 5.56 Å². The number of phenols is 1. The molecule has 1 rings (SSSR count). The van der Waals surface area contributed by atoms with Crippen molar-refractivity contribution in [2.75, 3.05) is 0 Å². The number of halogens is 2. The molecule has 0 bridgehead atoms. The normalized spacial score (nSPS) is 10.7. The van der Waals surface area contributed by atoms with Gasteiger partial charge in [-0.3, -0.25) is 0 Å². The Balaban J connectivity index is 3.13. The molecule has 0 aromatic heterocycles. The summed E-state index contributed by atoms with van der Waals surface area (Å²) < 4.78 is 20.7. The zero-order chi connectivity index (χ0) is 10.0. The number of rotatable bonds is 2. The molecule has 0 heterocycles. The van der Waals surface area contributed by atoms with Crippen molar-refractivity contribution in [2.24, 2.45) is 0 Å². The summed E-state index contributed by atoms with van der Waals surface area (Å²) in [5.74, 6) is -0.358. The number of hydrogen-bond donors (Lipinski definition) is 2. The van der Waals surface area contributed by atoms with E-state index in [0.717, 1.165) is 0 Å².